The second-order valence-electron chi connectivity index (χ2n) is 8.81. The van der Waals surface area contributed by atoms with Gasteiger partial charge in [0.1, 0.15) is 12.4 Å². The Balaban J connectivity index is 1.12. The van der Waals surface area contributed by atoms with Crippen LogP contribution in [0.25, 0.3) is 10.9 Å². The molecule has 2 aromatic carbocycles. The largest absolute Gasteiger partial charge is 0.489 e. The van der Waals surface area contributed by atoms with Crippen molar-refractivity contribution in [1.29, 1.82) is 5.26 Å². The summed E-state index contributed by atoms with van der Waals surface area (Å²) in [6.45, 7) is 1.86. The summed E-state index contributed by atoms with van der Waals surface area (Å²) in [5, 5.41) is 14.0. The van der Waals surface area contributed by atoms with Gasteiger partial charge >= 0.3 is 0 Å². The van der Waals surface area contributed by atoms with Crippen molar-refractivity contribution >= 4 is 10.9 Å². The summed E-state index contributed by atoms with van der Waals surface area (Å²) in [7, 11) is 0. The number of benzene rings is 2. The zero-order chi connectivity index (χ0) is 21.9. The van der Waals surface area contributed by atoms with Gasteiger partial charge in [0.15, 0.2) is 11.5 Å². The number of aromatic nitrogens is 1. The van der Waals surface area contributed by atoms with Gasteiger partial charge in [0.05, 0.1) is 18.2 Å². The summed E-state index contributed by atoms with van der Waals surface area (Å²) in [5.74, 6) is 1.47. The van der Waals surface area contributed by atoms with Crippen molar-refractivity contribution < 1.29 is 13.9 Å². The van der Waals surface area contributed by atoms with E-state index >= 15 is 0 Å². The van der Waals surface area contributed by atoms with Crippen LogP contribution in [0.1, 0.15) is 54.7 Å². The molecular formula is C26H28FN3O2. The first kappa shape index (κ1) is 20.8. The van der Waals surface area contributed by atoms with Crippen LogP contribution in [-0.4, -0.2) is 30.8 Å². The number of rotatable bonds is 6. The molecule has 166 valence electrons. The van der Waals surface area contributed by atoms with E-state index in [9.17, 15) is 9.65 Å². The summed E-state index contributed by atoms with van der Waals surface area (Å²) in [6, 6.07) is 11.5. The molecule has 0 saturated heterocycles. The van der Waals surface area contributed by atoms with Gasteiger partial charge in [0.25, 0.3) is 0 Å². The second-order valence-corrected chi connectivity index (χ2v) is 8.81. The first-order valence-electron chi connectivity index (χ1n) is 11.5. The van der Waals surface area contributed by atoms with Gasteiger partial charge < -0.3 is 19.8 Å². The number of nitriles is 1. The Morgan fingerprint density at radius 1 is 1.19 bits per heavy atom. The molecule has 2 heterocycles. The quantitative estimate of drug-likeness (QED) is 0.525. The number of fused-ring (bicyclic) bond motifs is 2. The number of aryl methyl sites for hydroxylation is 1. The van der Waals surface area contributed by atoms with Crippen molar-refractivity contribution in [3.05, 3.63) is 59.0 Å². The Bertz CT molecular complexity index is 1140. The molecule has 1 fully saturated rings. The van der Waals surface area contributed by atoms with Crippen LogP contribution in [0.5, 0.6) is 11.5 Å². The van der Waals surface area contributed by atoms with E-state index < -0.39 is 0 Å². The smallest absolute Gasteiger partial charge is 0.164 e. The van der Waals surface area contributed by atoms with E-state index in [1.165, 1.54) is 17.0 Å². The van der Waals surface area contributed by atoms with Gasteiger partial charge in [-0.25, -0.2) is 4.39 Å². The molecule has 0 unspecified atom stereocenters. The highest BCUT2D eigenvalue weighted by molar-refractivity contribution is 5.85. The monoisotopic (exact) mass is 433 g/mol. The Morgan fingerprint density at radius 2 is 2.06 bits per heavy atom. The van der Waals surface area contributed by atoms with Crippen molar-refractivity contribution in [3.63, 3.8) is 0 Å². The van der Waals surface area contributed by atoms with Crippen LogP contribution in [-0.2, 0) is 6.42 Å². The Labute approximate surface area is 187 Å². The summed E-state index contributed by atoms with van der Waals surface area (Å²) in [6.07, 6.45) is 8.31. The first-order valence-corrected chi connectivity index (χ1v) is 11.5. The van der Waals surface area contributed by atoms with Crippen LogP contribution in [0.3, 0.4) is 0 Å². The maximum Gasteiger partial charge on any atom is 0.164 e. The fraction of sp³-hybridized carbons (Fsp3) is 0.423. The molecule has 1 aromatic heterocycles. The van der Waals surface area contributed by atoms with Crippen molar-refractivity contribution in [3.8, 4) is 17.6 Å². The molecule has 1 aliphatic heterocycles. The number of H-pyrrole nitrogens is 1. The van der Waals surface area contributed by atoms with E-state index in [1.54, 1.807) is 6.07 Å². The van der Waals surface area contributed by atoms with Crippen LogP contribution in [0.4, 0.5) is 4.39 Å². The van der Waals surface area contributed by atoms with Gasteiger partial charge in [0.2, 0.25) is 0 Å². The number of ether oxygens (including phenoxy) is 2. The van der Waals surface area contributed by atoms with Gasteiger partial charge in [-0.2, -0.15) is 5.26 Å². The molecule has 32 heavy (non-hydrogen) atoms. The second kappa shape index (κ2) is 9.22. The third kappa shape index (κ3) is 4.31. The molecule has 2 N–H and O–H groups in total. The minimum atomic E-state index is -0.269. The number of hydrogen-bond acceptors (Lipinski definition) is 4. The van der Waals surface area contributed by atoms with Crippen molar-refractivity contribution in [1.82, 2.24) is 10.3 Å². The number of hydrogen-bond donors (Lipinski definition) is 2. The molecule has 0 bridgehead atoms. The lowest BCUT2D eigenvalue weighted by molar-refractivity contribution is 0.243. The van der Waals surface area contributed by atoms with E-state index in [1.807, 2.05) is 18.2 Å². The highest BCUT2D eigenvalue weighted by Crippen LogP contribution is 2.37. The van der Waals surface area contributed by atoms with Crippen LogP contribution >= 0.6 is 0 Å². The Kier molecular flexibility index (Phi) is 6.00. The molecular weight excluding hydrogens is 405 g/mol. The van der Waals surface area contributed by atoms with E-state index in [4.69, 9.17) is 9.47 Å². The van der Waals surface area contributed by atoms with Gasteiger partial charge in [-0.3, -0.25) is 0 Å². The average Bonchev–Trinajstić information content (AvgIpc) is 3.25. The van der Waals surface area contributed by atoms with Gasteiger partial charge in [0, 0.05) is 41.3 Å². The predicted octanol–water partition coefficient (Wildman–Crippen LogP) is 5.20. The number of nitrogens with one attached hydrogen (secondary N) is 2. The maximum absolute atomic E-state index is 13.9. The van der Waals surface area contributed by atoms with Gasteiger partial charge in [-0.15, -0.1) is 0 Å². The van der Waals surface area contributed by atoms with Crippen molar-refractivity contribution in [2.75, 3.05) is 19.8 Å². The molecule has 6 heteroatoms. The normalized spacial score (nSPS) is 20.4. The molecule has 0 amide bonds. The topological polar surface area (TPSA) is 70.1 Å². The summed E-state index contributed by atoms with van der Waals surface area (Å²) < 4.78 is 25.5. The molecule has 1 aliphatic carbocycles. The molecule has 5 nitrogen and oxygen atoms in total. The number of nitrogens with zero attached hydrogens (tertiary/aromatic N) is 1. The lowest BCUT2D eigenvalue weighted by atomic mass is 9.81. The van der Waals surface area contributed by atoms with E-state index in [-0.39, 0.29) is 5.82 Å². The minimum Gasteiger partial charge on any atom is -0.489 e. The summed E-state index contributed by atoms with van der Waals surface area (Å²) in [4.78, 5) is 3.35. The van der Waals surface area contributed by atoms with Crippen LogP contribution in [0.2, 0.25) is 0 Å². The van der Waals surface area contributed by atoms with Gasteiger partial charge in [-0.1, -0.05) is 0 Å². The van der Waals surface area contributed by atoms with E-state index in [0.717, 1.165) is 56.1 Å². The first-order chi connectivity index (χ1) is 15.7. The fourth-order valence-electron chi connectivity index (χ4n) is 5.10. The molecule has 5 rings (SSSR count). The molecule has 0 radical (unpaired) electrons. The zero-order valence-corrected chi connectivity index (χ0v) is 18.1. The zero-order valence-electron chi connectivity index (χ0n) is 18.1. The Morgan fingerprint density at radius 3 is 2.91 bits per heavy atom. The minimum absolute atomic E-state index is 0.269. The van der Waals surface area contributed by atoms with E-state index in [0.29, 0.717) is 42.2 Å². The molecule has 1 saturated carbocycles. The lowest BCUT2D eigenvalue weighted by Gasteiger charge is -2.29. The van der Waals surface area contributed by atoms with Crippen LogP contribution in [0, 0.1) is 17.1 Å². The van der Waals surface area contributed by atoms with Crippen LogP contribution in [0.15, 0.2) is 36.5 Å². The SMILES string of the molecule is N#Cc1ccc2[nH]cc(C3CCC(NCCOc4cc(F)cc5c4OCCC5)CC3)c2c1. The highest BCUT2D eigenvalue weighted by atomic mass is 19.1. The van der Waals surface area contributed by atoms with Gasteiger partial charge in [-0.05, 0) is 74.3 Å². The number of aromatic amines is 1. The van der Waals surface area contributed by atoms with Crippen molar-refractivity contribution in [2.24, 2.45) is 0 Å². The summed E-state index contributed by atoms with van der Waals surface area (Å²) >= 11 is 0. The standard InChI is InChI=1S/C26H28FN3O2/c27-20-13-19-2-1-10-32-26(19)25(14-20)31-11-9-29-21-6-4-18(5-7-21)23-16-30-24-8-3-17(15-28)12-22(23)24/h3,8,12-14,16,18,21,29-30H,1-2,4-7,9-11H2. The molecule has 0 spiro atoms. The summed E-state index contributed by atoms with van der Waals surface area (Å²) in [5.41, 5.74) is 4.03. The predicted molar refractivity (Wildman–Crippen MR) is 122 cm³/mol. The molecule has 2 aliphatic rings. The third-order valence-electron chi connectivity index (χ3n) is 6.74. The Hall–Kier alpha value is -3.04. The fourth-order valence-corrected chi connectivity index (χ4v) is 5.10. The molecule has 0 atom stereocenters. The maximum atomic E-state index is 13.9. The number of halogens is 1. The lowest BCUT2D eigenvalue weighted by Crippen LogP contribution is -2.35. The van der Waals surface area contributed by atoms with Crippen LogP contribution < -0.4 is 14.8 Å². The van der Waals surface area contributed by atoms with Crippen molar-refractivity contribution in [2.45, 2.75) is 50.5 Å². The average molecular weight is 434 g/mol. The van der Waals surface area contributed by atoms with E-state index in [2.05, 4.69) is 22.6 Å². The third-order valence-corrected chi connectivity index (χ3v) is 6.74. The highest BCUT2D eigenvalue weighted by Gasteiger charge is 2.24. The molecule has 3 aromatic rings.